The van der Waals surface area contributed by atoms with Gasteiger partial charge in [0.15, 0.2) is 11.5 Å². The fraction of sp³-hybridized carbons (Fsp3) is 0.409. The standard InChI is InChI=1S/C22H28N2O5S/c1-16-6-8-18(15-19(16)22(25)24-12-4-5-13-24)30(26,27)23-11-10-17-7-9-20(28-2)21(14-17)29-3/h6-9,14-15,23H,4-5,10-13H2,1-3H3. The number of hydrogen-bond acceptors (Lipinski definition) is 5. The van der Waals surface area contributed by atoms with Crippen molar-refractivity contribution in [1.82, 2.24) is 9.62 Å². The van der Waals surface area contributed by atoms with Crippen LogP contribution in [0.4, 0.5) is 0 Å². The second-order valence-corrected chi connectivity index (χ2v) is 9.08. The molecule has 162 valence electrons. The van der Waals surface area contributed by atoms with Crippen molar-refractivity contribution >= 4 is 15.9 Å². The van der Waals surface area contributed by atoms with E-state index in [-0.39, 0.29) is 17.3 Å². The SMILES string of the molecule is COc1ccc(CCNS(=O)(=O)c2ccc(C)c(C(=O)N3CCCC3)c2)cc1OC. The van der Waals surface area contributed by atoms with E-state index in [2.05, 4.69) is 4.72 Å². The summed E-state index contributed by atoms with van der Waals surface area (Å²) in [6.07, 6.45) is 2.46. The van der Waals surface area contributed by atoms with E-state index in [1.807, 2.05) is 19.1 Å². The van der Waals surface area contributed by atoms with Gasteiger partial charge < -0.3 is 14.4 Å². The maximum atomic E-state index is 12.8. The maximum absolute atomic E-state index is 12.8. The van der Waals surface area contributed by atoms with Crippen molar-refractivity contribution in [2.45, 2.75) is 31.1 Å². The van der Waals surface area contributed by atoms with Crippen LogP contribution in [0, 0.1) is 6.92 Å². The molecule has 1 aliphatic rings. The second-order valence-electron chi connectivity index (χ2n) is 7.31. The summed E-state index contributed by atoms with van der Waals surface area (Å²) in [5.41, 5.74) is 2.14. The normalized spacial score (nSPS) is 14.0. The smallest absolute Gasteiger partial charge is 0.254 e. The topological polar surface area (TPSA) is 84.9 Å². The number of carbonyl (C=O) groups is 1. The van der Waals surface area contributed by atoms with Gasteiger partial charge in [0.1, 0.15) is 0 Å². The number of aryl methyl sites for hydroxylation is 1. The minimum atomic E-state index is -3.73. The van der Waals surface area contributed by atoms with E-state index in [0.29, 0.717) is 23.5 Å². The van der Waals surface area contributed by atoms with Crippen LogP contribution in [-0.4, -0.2) is 53.1 Å². The monoisotopic (exact) mass is 432 g/mol. The van der Waals surface area contributed by atoms with E-state index in [0.717, 1.165) is 37.1 Å². The number of rotatable bonds is 8. The molecule has 0 aliphatic carbocycles. The van der Waals surface area contributed by atoms with Crippen LogP contribution in [0.2, 0.25) is 0 Å². The number of hydrogen-bond donors (Lipinski definition) is 1. The number of nitrogens with zero attached hydrogens (tertiary/aromatic N) is 1. The van der Waals surface area contributed by atoms with Gasteiger partial charge in [0, 0.05) is 25.2 Å². The lowest BCUT2D eigenvalue weighted by Gasteiger charge is -2.17. The highest BCUT2D eigenvalue weighted by molar-refractivity contribution is 7.89. The summed E-state index contributed by atoms with van der Waals surface area (Å²) < 4.78 is 38.7. The molecule has 8 heteroatoms. The average molecular weight is 433 g/mol. The van der Waals surface area contributed by atoms with Gasteiger partial charge in [-0.05, 0) is 61.6 Å². The Bertz CT molecular complexity index is 1010. The zero-order valence-corrected chi connectivity index (χ0v) is 18.4. The Morgan fingerprint density at radius 2 is 1.73 bits per heavy atom. The number of benzene rings is 2. The van der Waals surface area contributed by atoms with E-state index in [1.54, 1.807) is 31.3 Å². The Morgan fingerprint density at radius 3 is 2.40 bits per heavy atom. The molecular formula is C22H28N2O5S. The summed E-state index contributed by atoms with van der Waals surface area (Å²) in [6.45, 7) is 3.49. The first-order chi connectivity index (χ1) is 14.4. The first-order valence-corrected chi connectivity index (χ1v) is 11.4. The third-order valence-electron chi connectivity index (χ3n) is 5.30. The van der Waals surface area contributed by atoms with Crippen molar-refractivity contribution in [1.29, 1.82) is 0 Å². The van der Waals surface area contributed by atoms with E-state index < -0.39 is 10.0 Å². The number of nitrogens with one attached hydrogen (secondary N) is 1. The molecule has 0 aromatic heterocycles. The molecule has 1 amide bonds. The molecule has 0 radical (unpaired) electrons. The average Bonchev–Trinajstić information content (AvgIpc) is 3.28. The summed E-state index contributed by atoms with van der Waals surface area (Å²) in [5, 5.41) is 0. The predicted octanol–water partition coefficient (Wildman–Crippen LogP) is 2.77. The fourth-order valence-electron chi connectivity index (χ4n) is 3.54. The van der Waals surface area contributed by atoms with Gasteiger partial charge in [-0.3, -0.25) is 4.79 Å². The van der Waals surface area contributed by atoms with Crippen LogP contribution in [-0.2, 0) is 16.4 Å². The summed E-state index contributed by atoms with van der Waals surface area (Å²) in [6, 6.07) is 10.2. The zero-order chi connectivity index (χ0) is 21.7. The maximum Gasteiger partial charge on any atom is 0.254 e. The van der Waals surface area contributed by atoms with Gasteiger partial charge in [0.2, 0.25) is 10.0 Å². The summed E-state index contributed by atoms with van der Waals surface area (Å²) in [4.78, 5) is 14.6. The molecule has 30 heavy (non-hydrogen) atoms. The number of methoxy groups -OCH3 is 2. The lowest BCUT2D eigenvalue weighted by molar-refractivity contribution is 0.0792. The molecule has 0 saturated carbocycles. The molecule has 0 bridgehead atoms. The first kappa shape index (κ1) is 22.1. The summed E-state index contributed by atoms with van der Waals surface area (Å²) in [5.74, 6) is 1.12. The highest BCUT2D eigenvalue weighted by Gasteiger charge is 2.23. The van der Waals surface area contributed by atoms with Crippen molar-refractivity contribution in [2.75, 3.05) is 33.9 Å². The van der Waals surface area contributed by atoms with Crippen molar-refractivity contribution in [2.24, 2.45) is 0 Å². The zero-order valence-electron chi connectivity index (χ0n) is 17.6. The molecule has 2 aromatic carbocycles. The van der Waals surface area contributed by atoms with Gasteiger partial charge in [0.05, 0.1) is 19.1 Å². The minimum absolute atomic E-state index is 0.1000. The van der Waals surface area contributed by atoms with Gasteiger partial charge in [-0.2, -0.15) is 0 Å². The second kappa shape index (κ2) is 9.49. The van der Waals surface area contributed by atoms with Crippen LogP contribution in [0.25, 0.3) is 0 Å². The van der Waals surface area contributed by atoms with E-state index >= 15 is 0 Å². The Hall–Kier alpha value is -2.58. The third-order valence-corrected chi connectivity index (χ3v) is 6.76. The molecule has 0 atom stereocenters. The largest absolute Gasteiger partial charge is 0.493 e. The van der Waals surface area contributed by atoms with Crippen molar-refractivity contribution in [3.63, 3.8) is 0 Å². The van der Waals surface area contributed by atoms with E-state index in [9.17, 15) is 13.2 Å². The molecule has 2 aromatic rings. The Balaban J connectivity index is 1.70. The number of sulfonamides is 1. The molecule has 1 N–H and O–H groups in total. The number of amides is 1. The molecule has 1 saturated heterocycles. The Kier molecular flexibility index (Phi) is 6.99. The highest BCUT2D eigenvalue weighted by Crippen LogP contribution is 2.27. The number of carbonyl (C=O) groups excluding carboxylic acids is 1. The van der Waals surface area contributed by atoms with Gasteiger partial charge >= 0.3 is 0 Å². The van der Waals surface area contributed by atoms with Gasteiger partial charge in [-0.15, -0.1) is 0 Å². The Labute approximate surface area is 178 Å². The highest BCUT2D eigenvalue weighted by atomic mass is 32.2. The number of likely N-dealkylation sites (tertiary alicyclic amines) is 1. The van der Waals surface area contributed by atoms with Crippen LogP contribution in [0.1, 0.15) is 34.3 Å². The molecule has 1 heterocycles. The van der Waals surface area contributed by atoms with Gasteiger partial charge in [-0.25, -0.2) is 13.1 Å². The van der Waals surface area contributed by atoms with Crippen LogP contribution < -0.4 is 14.2 Å². The number of ether oxygens (including phenoxy) is 2. The first-order valence-electron chi connectivity index (χ1n) is 9.96. The molecular weight excluding hydrogens is 404 g/mol. The molecule has 1 aliphatic heterocycles. The molecule has 0 spiro atoms. The lowest BCUT2D eigenvalue weighted by Crippen LogP contribution is -2.29. The van der Waals surface area contributed by atoms with Crippen LogP contribution in [0.3, 0.4) is 0 Å². The minimum Gasteiger partial charge on any atom is -0.493 e. The van der Waals surface area contributed by atoms with Crippen LogP contribution in [0.15, 0.2) is 41.3 Å². The predicted molar refractivity (Wildman–Crippen MR) is 115 cm³/mol. The summed E-state index contributed by atoms with van der Waals surface area (Å²) >= 11 is 0. The molecule has 1 fully saturated rings. The molecule has 7 nitrogen and oxygen atoms in total. The fourth-order valence-corrected chi connectivity index (χ4v) is 4.60. The van der Waals surface area contributed by atoms with E-state index in [4.69, 9.17) is 9.47 Å². The molecule has 0 unspecified atom stereocenters. The van der Waals surface area contributed by atoms with Crippen molar-refractivity contribution in [3.8, 4) is 11.5 Å². The quantitative estimate of drug-likeness (QED) is 0.693. The van der Waals surface area contributed by atoms with Gasteiger partial charge in [-0.1, -0.05) is 12.1 Å². The van der Waals surface area contributed by atoms with Crippen molar-refractivity contribution in [3.05, 3.63) is 53.1 Å². The van der Waals surface area contributed by atoms with Crippen LogP contribution >= 0.6 is 0 Å². The van der Waals surface area contributed by atoms with Crippen LogP contribution in [0.5, 0.6) is 11.5 Å². The van der Waals surface area contributed by atoms with Crippen molar-refractivity contribution < 1.29 is 22.7 Å². The lowest BCUT2D eigenvalue weighted by atomic mass is 10.1. The summed E-state index contributed by atoms with van der Waals surface area (Å²) in [7, 11) is -0.608. The Morgan fingerprint density at radius 1 is 1.03 bits per heavy atom. The van der Waals surface area contributed by atoms with E-state index in [1.165, 1.54) is 12.1 Å². The van der Waals surface area contributed by atoms with Gasteiger partial charge in [0.25, 0.3) is 5.91 Å². The third kappa shape index (κ3) is 4.94. The molecule has 3 rings (SSSR count).